The zero-order chi connectivity index (χ0) is 14.5. The SMILES string of the molecule is CNC1CCCC(c2ccccc2)(c2ccccc2)CC1. The van der Waals surface area contributed by atoms with Gasteiger partial charge in [0.05, 0.1) is 0 Å². The molecular weight excluding hydrogens is 254 g/mol. The summed E-state index contributed by atoms with van der Waals surface area (Å²) >= 11 is 0. The molecule has 1 N–H and O–H groups in total. The van der Waals surface area contributed by atoms with E-state index in [-0.39, 0.29) is 5.41 Å². The Morgan fingerprint density at radius 3 is 1.90 bits per heavy atom. The third-order valence-corrected chi connectivity index (χ3v) is 5.14. The predicted molar refractivity (Wildman–Crippen MR) is 89.6 cm³/mol. The summed E-state index contributed by atoms with van der Waals surface area (Å²) in [6.45, 7) is 0. The second-order valence-corrected chi connectivity index (χ2v) is 6.23. The van der Waals surface area contributed by atoms with E-state index in [2.05, 4.69) is 73.0 Å². The lowest BCUT2D eigenvalue weighted by Gasteiger charge is -2.34. The number of benzene rings is 2. The van der Waals surface area contributed by atoms with E-state index in [9.17, 15) is 0 Å². The topological polar surface area (TPSA) is 12.0 Å². The van der Waals surface area contributed by atoms with Crippen molar-refractivity contribution < 1.29 is 0 Å². The van der Waals surface area contributed by atoms with Crippen LogP contribution in [0.25, 0.3) is 0 Å². The monoisotopic (exact) mass is 279 g/mol. The standard InChI is InChI=1S/C20H25N/c1-21-19-13-8-15-20(16-14-19,17-9-4-2-5-10-17)18-11-6-3-7-12-18/h2-7,9-12,19,21H,8,13-16H2,1H3. The van der Waals surface area contributed by atoms with Crippen LogP contribution >= 0.6 is 0 Å². The number of nitrogens with one attached hydrogen (secondary N) is 1. The molecule has 1 heteroatoms. The second-order valence-electron chi connectivity index (χ2n) is 6.23. The Bertz CT molecular complexity index is 507. The zero-order valence-corrected chi connectivity index (χ0v) is 12.9. The Morgan fingerprint density at radius 1 is 0.810 bits per heavy atom. The van der Waals surface area contributed by atoms with Crippen LogP contribution in [-0.2, 0) is 5.41 Å². The average Bonchev–Trinajstić information content (AvgIpc) is 2.80. The van der Waals surface area contributed by atoms with Gasteiger partial charge < -0.3 is 5.32 Å². The van der Waals surface area contributed by atoms with Crippen molar-refractivity contribution in [2.75, 3.05) is 7.05 Å². The predicted octanol–water partition coefficient (Wildman–Crippen LogP) is 4.52. The number of rotatable bonds is 3. The summed E-state index contributed by atoms with van der Waals surface area (Å²) in [6, 6.07) is 22.9. The molecule has 2 aromatic rings. The van der Waals surface area contributed by atoms with Gasteiger partial charge in [0.1, 0.15) is 0 Å². The van der Waals surface area contributed by atoms with E-state index in [0.717, 1.165) is 0 Å². The van der Waals surface area contributed by atoms with Gasteiger partial charge in [-0.1, -0.05) is 67.1 Å². The van der Waals surface area contributed by atoms with Crippen LogP contribution in [0.4, 0.5) is 0 Å². The molecule has 0 heterocycles. The van der Waals surface area contributed by atoms with Crippen LogP contribution in [0.5, 0.6) is 0 Å². The highest BCUT2D eigenvalue weighted by molar-refractivity contribution is 5.39. The summed E-state index contributed by atoms with van der Waals surface area (Å²) in [6.07, 6.45) is 6.30. The van der Waals surface area contributed by atoms with E-state index in [1.54, 1.807) is 0 Å². The molecule has 0 bridgehead atoms. The van der Waals surface area contributed by atoms with Gasteiger partial charge >= 0.3 is 0 Å². The van der Waals surface area contributed by atoms with Crippen molar-refractivity contribution in [1.29, 1.82) is 0 Å². The molecule has 3 rings (SSSR count). The molecule has 1 aliphatic carbocycles. The molecule has 1 nitrogen and oxygen atoms in total. The van der Waals surface area contributed by atoms with Crippen molar-refractivity contribution in [3.8, 4) is 0 Å². The van der Waals surface area contributed by atoms with Crippen molar-refractivity contribution in [1.82, 2.24) is 5.32 Å². The summed E-state index contributed by atoms with van der Waals surface area (Å²) in [5.41, 5.74) is 3.15. The molecule has 0 saturated heterocycles. The second kappa shape index (κ2) is 6.44. The normalized spacial score (nSPS) is 21.7. The van der Waals surface area contributed by atoms with Gasteiger partial charge in [0.25, 0.3) is 0 Å². The zero-order valence-electron chi connectivity index (χ0n) is 12.9. The highest BCUT2D eigenvalue weighted by atomic mass is 14.9. The number of hydrogen-bond acceptors (Lipinski definition) is 1. The maximum Gasteiger partial charge on any atom is 0.0203 e. The molecule has 0 radical (unpaired) electrons. The van der Waals surface area contributed by atoms with Gasteiger partial charge in [-0.2, -0.15) is 0 Å². The maximum atomic E-state index is 3.48. The molecule has 2 aromatic carbocycles. The molecule has 1 saturated carbocycles. The lowest BCUT2D eigenvalue weighted by Crippen LogP contribution is -2.29. The minimum Gasteiger partial charge on any atom is -0.317 e. The van der Waals surface area contributed by atoms with Crippen molar-refractivity contribution >= 4 is 0 Å². The van der Waals surface area contributed by atoms with Crippen molar-refractivity contribution in [3.63, 3.8) is 0 Å². The summed E-state index contributed by atoms with van der Waals surface area (Å²) in [4.78, 5) is 0. The summed E-state index contributed by atoms with van der Waals surface area (Å²) < 4.78 is 0. The fourth-order valence-electron chi connectivity index (χ4n) is 3.89. The lowest BCUT2D eigenvalue weighted by atomic mass is 9.69. The molecule has 0 aliphatic heterocycles. The largest absolute Gasteiger partial charge is 0.317 e. The minimum absolute atomic E-state index is 0.189. The van der Waals surface area contributed by atoms with E-state index >= 15 is 0 Å². The van der Waals surface area contributed by atoms with E-state index in [4.69, 9.17) is 0 Å². The third-order valence-electron chi connectivity index (χ3n) is 5.14. The van der Waals surface area contributed by atoms with Gasteiger partial charge in [-0.05, 0) is 43.9 Å². The Morgan fingerprint density at radius 2 is 1.38 bits per heavy atom. The maximum absolute atomic E-state index is 3.48. The molecule has 1 atom stereocenters. The van der Waals surface area contributed by atoms with Gasteiger partial charge in [0, 0.05) is 11.5 Å². The summed E-state index contributed by atoms with van der Waals surface area (Å²) in [5, 5.41) is 3.48. The Balaban J connectivity index is 2.03. The molecule has 0 amide bonds. The molecule has 1 unspecified atom stereocenters. The first-order valence-corrected chi connectivity index (χ1v) is 8.13. The van der Waals surface area contributed by atoms with Gasteiger partial charge in [0.2, 0.25) is 0 Å². The van der Waals surface area contributed by atoms with E-state index in [1.165, 1.54) is 43.2 Å². The molecule has 110 valence electrons. The molecule has 0 aromatic heterocycles. The van der Waals surface area contributed by atoms with Crippen LogP contribution in [0.2, 0.25) is 0 Å². The number of hydrogen-bond donors (Lipinski definition) is 1. The van der Waals surface area contributed by atoms with Crippen LogP contribution in [-0.4, -0.2) is 13.1 Å². The molecule has 1 fully saturated rings. The van der Waals surface area contributed by atoms with E-state index in [1.807, 2.05) is 0 Å². The summed E-state index contributed by atoms with van der Waals surface area (Å²) in [5.74, 6) is 0. The highest BCUT2D eigenvalue weighted by Crippen LogP contribution is 2.43. The van der Waals surface area contributed by atoms with Crippen molar-refractivity contribution in [2.24, 2.45) is 0 Å². The average molecular weight is 279 g/mol. The first-order chi connectivity index (χ1) is 10.3. The summed E-state index contributed by atoms with van der Waals surface area (Å²) in [7, 11) is 2.10. The fourth-order valence-corrected chi connectivity index (χ4v) is 3.89. The highest BCUT2D eigenvalue weighted by Gasteiger charge is 2.35. The van der Waals surface area contributed by atoms with Crippen molar-refractivity contribution in [2.45, 2.75) is 43.6 Å². The quantitative estimate of drug-likeness (QED) is 0.814. The Hall–Kier alpha value is -1.60. The first-order valence-electron chi connectivity index (χ1n) is 8.13. The Labute approximate surface area is 128 Å². The molecule has 21 heavy (non-hydrogen) atoms. The molecule has 1 aliphatic rings. The van der Waals surface area contributed by atoms with E-state index < -0.39 is 0 Å². The smallest absolute Gasteiger partial charge is 0.0203 e. The van der Waals surface area contributed by atoms with Gasteiger partial charge in [-0.3, -0.25) is 0 Å². The fraction of sp³-hybridized carbons (Fsp3) is 0.400. The van der Waals surface area contributed by atoms with Crippen molar-refractivity contribution in [3.05, 3.63) is 71.8 Å². The van der Waals surface area contributed by atoms with Crippen LogP contribution in [0, 0.1) is 0 Å². The third kappa shape index (κ3) is 2.89. The van der Waals surface area contributed by atoms with Crippen LogP contribution < -0.4 is 5.32 Å². The van der Waals surface area contributed by atoms with Crippen LogP contribution in [0.1, 0.15) is 43.2 Å². The van der Waals surface area contributed by atoms with Crippen LogP contribution in [0.3, 0.4) is 0 Å². The van der Waals surface area contributed by atoms with Gasteiger partial charge in [-0.25, -0.2) is 0 Å². The van der Waals surface area contributed by atoms with Gasteiger partial charge in [0.15, 0.2) is 0 Å². The minimum atomic E-state index is 0.189. The van der Waals surface area contributed by atoms with Crippen LogP contribution in [0.15, 0.2) is 60.7 Å². The molecule has 0 spiro atoms. The molecular formula is C20H25N. The lowest BCUT2D eigenvalue weighted by molar-refractivity contribution is 0.434. The van der Waals surface area contributed by atoms with Gasteiger partial charge in [-0.15, -0.1) is 0 Å². The first kappa shape index (κ1) is 14.3. The van der Waals surface area contributed by atoms with E-state index in [0.29, 0.717) is 6.04 Å². The Kier molecular flexibility index (Phi) is 4.40.